The molecule has 0 saturated heterocycles. The molecule has 0 fully saturated rings. The van der Waals surface area contributed by atoms with Gasteiger partial charge in [-0.05, 0) is 25.7 Å². The van der Waals surface area contributed by atoms with Gasteiger partial charge in [-0.3, -0.25) is 4.79 Å². The van der Waals surface area contributed by atoms with E-state index in [9.17, 15) is 14.7 Å². The SMILES string of the molecule is C=CC(=O)O.CC(C)(CO)CC(O)C(C)(C)C(=O)O. The molecule has 0 aromatic heterocycles. The fraction of sp³-hybridized carbons (Fsp3) is 0.692. The number of carboxylic acid groups (broad SMARTS) is 2. The number of hydrogen-bond acceptors (Lipinski definition) is 4. The molecule has 0 aliphatic heterocycles. The Balaban J connectivity index is 0. The first-order valence-corrected chi connectivity index (χ1v) is 5.78. The van der Waals surface area contributed by atoms with Crippen LogP contribution in [0.3, 0.4) is 0 Å². The maximum absolute atomic E-state index is 10.8. The van der Waals surface area contributed by atoms with Gasteiger partial charge in [0.15, 0.2) is 0 Å². The van der Waals surface area contributed by atoms with Gasteiger partial charge in [0.25, 0.3) is 0 Å². The molecule has 0 amide bonds. The summed E-state index contributed by atoms with van der Waals surface area (Å²) in [5, 5.41) is 35.2. The van der Waals surface area contributed by atoms with E-state index in [4.69, 9.17) is 15.3 Å². The summed E-state index contributed by atoms with van der Waals surface area (Å²) in [5.74, 6) is -2.01. The topological polar surface area (TPSA) is 115 Å². The zero-order valence-electron chi connectivity index (χ0n) is 11.9. The molecule has 0 aromatic rings. The predicted molar refractivity (Wildman–Crippen MR) is 70.7 cm³/mol. The third-order valence-electron chi connectivity index (χ3n) is 2.73. The van der Waals surface area contributed by atoms with Gasteiger partial charge in [0, 0.05) is 12.7 Å². The van der Waals surface area contributed by atoms with E-state index in [1.807, 2.05) is 0 Å². The zero-order valence-corrected chi connectivity index (χ0v) is 11.9. The van der Waals surface area contributed by atoms with Crippen LogP contribution >= 0.6 is 0 Å². The molecule has 0 aromatic carbocycles. The molecular weight excluding hydrogens is 252 g/mol. The van der Waals surface area contributed by atoms with Gasteiger partial charge < -0.3 is 20.4 Å². The van der Waals surface area contributed by atoms with E-state index in [0.717, 1.165) is 6.08 Å². The molecule has 112 valence electrons. The lowest BCUT2D eigenvalue weighted by atomic mass is 9.77. The van der Waals surface area contributed by atoms with Crippen molar-refractivity contribution in [2.45, 2.75) is 40.2 Å². The Labute approximate surface area is 113 Å². The van der Waals surface area contributed by atoms with Crippen molar-refractivity contribution in [3.63, 3.8) is 0 Å². The number of hydrogen-bond donors (Lipinski definition) is 4. The third kappa shape index (κ3) is 8.34. The molecule has 0 radical (unpaired) electrons. The number of carboxylic acids is 2. The lowest BCUT2D eigenvalue weighted by Gasteiger charge is -2.32. The number of aliphatic hydroxyl groups is 2. The van der Waals surface area contributed by atoms with Crippen LogP contribution in [0, 0.1) is 10.8 Å². The molecule has 6 nitrogen and oxygen atoms in total. The van der Waals surface area contributed by atoms with Crippen LogP contribution in [0.1, 0.15) is 34.1 Å². The summed E-state index contributed by atoms with van der Waals surface area (Å²) in [7, 11) is 0. The fourth-order valence-corrected chi connectivity index (χ4v) is 0.986. The standard InChI is InChI=1S/C10H20O4.C3H4O2/c1-9(2,6-11)5-7(12)10(3,4)8(13)14;1-2-3(4)5/h7,11-12H,5-6H2,1-4H3,(H,13,14);2H,1H2,(H,4,5). The molecule has 0 bridgehead atoms. The largest absolute Gasteiger partial charge is 0.481 e. The molecule has 0 aliphatic rings. The highest BCUT2D eigenvalue weighted by Gasteiger charge is 2.38. The van der Waals surface area contributed by atoms with E-state index in [2.05, 4.69) is 6.58 Å². The molecule has 0 rings (SSSR count). The van der Waals surface area contributed by atoms with E-state index in [-0.39, 0.29) is 13.0 Å². The van der Waals surface area contributed by atoms with Gasteiger partial charge in [-0.1, -0.05) is 20.4 Å². The average molecular weight is 276 g/mol. The van der Waals surface area contributed by atoms with Crippen molar-refractivity contribution >= 4 is 11.9 Å². The Morgan fingerprint density at radius 1 is 1.21 bits per heavy atom. The van der Waals surface area contributed by atoms with Crippen molar-refractivity contribution in [3.05, 3.63) is 12.7 Å². The van der Waals surface area contributed by atoms with Crippen LogP contribution in [0.4, 0.5) is 0 Å². The Kier molecular flexibility index (Phi) is 8.30. The zero-order chi connectivity index (χ0) is 15.9. The lowest BCUT2D eigenvalue weighted by molar-refractivity contribution is -0.155. The van der Waals surface area contributed by atoms with Gasteiger partial charge in [0.1, 0.15) is 0 Å². The third-order valence-corrected chi connectivity index (χ3v) is 2.73. The van der Waals surface area contributed by atoms with Crippen molar-refractivity contribution in [1.82, 2.24) is 0 Å². The average Bonchev–Trinajstić information content (AvgIpc) is 2.28. The maximum atomic E-state index is 10.8. The summed E-state index contributed by atoms with van der Waals surface area (Å²) in [6.07, 6.45) is 0.144. The normalized spacial score (nSPS) is 12.9. The molecule has 1 atom stereocenters. The monoisotopic (exact) mass is 276 g/mol. The molecule has 1 unspecified atom stereocenters. The first kappa shape index (κ1) is 19.9. The van der Waals surface area contributed by atoms with Gasteiger partial charge >= 0.3 is 11.9 Å². The van der Waals surface area contributed by atoms with Crippen LogP contribution in [0.15, 0.2) is 12.7 Å². The van der Waals surface area contributed by atoms with Crippen molar-refractivity contribution < 1.29 is 30.0 Å². The minimum atomic E-state index is -1.17. The number of carbonyl (C=O) groups is 2. The smallest absolute Gasteiger partial charge is 0.327 e. The van der Waals surface area contributed by atoms with E-state index in [1.165, 1.54) is 13.8 Å². The highest BCUT2D eigenvalue weighted by Crippen LogP contribution is 2.31. The van der Waals surface area contributed by atoms with Crippen molar-refractivity contribution in [3.8, 4) is 0 Å². The van der Waals surface area contributed by atoms with Crippen LogP contribution in [0.5, 0.6) is 0 Å². The highest BCUT2D eigenvalue weighted by molar-refractivity contribution is 5.78. The first-order valence-electron chi connectivity index (χ1n) is 5.78. The summed E-state index contributed by atoms with van der Waals surface area (Å²) in [4.78, 5) is 20.1. The Hall–Kier alpha value is -1.40. The highest BCUT2D eigenvalue weighted by atomic mass is 16.4. The molecule has 0 spiro atoms. The molecule has 0 saturated carbocycles. The Morgan fingerprint density at radius 2 is 1.58 bits per heavy atom. The molecule has 6 heteroatoms. The van der Waals surface area contributed by atoms with Crippen LogP contribution in [0.25, 0.3) is 0 Å². The Morgan fingerprint density at radius 3 is 1.79 bits per heavy atom. The van der Waals surface area contributed by atoms with E-state index in [0.29, 0.717) is 0 Å². The quantitative estimate of drug-likeness (QED) is 0.540. The number of aliphatic carboxylic acids is 2. The van der Waals surface area contributed by atoms with E-state index < -0.39 is 28.9 Å². The van der Waals surface area contributed by atoms with Crippen LogP contribution in [-0.2, 0) is 9.59 Å². The second kappa shape index (κ2) is 7.91. The summed E-state index contributed by atoms with van der Waals surface area (Å²) in [6, 6.07) is 0. The predicted octanol–water partition coefficient (Wildman–Crippen LogP) is 1.12. The summed E-state index contributed by atoms with van der Waals surface area (Å²) in [6.45, 7) is 9.42. The van der Waals surface area contributed by atoms with Crippen LogP contribution in [0.2, 0.25) is 0 Å². The summed E-state index contributed by atoms with van der Waals surface area (Å²) < 4.78 is 0. The van der Waals surface area contributed by atoms with Gasteiger partial charge in [0.05, 0.1) is 11.5 Å². The molecule has 0 aliphatic carbocycles. The number of rotatable bonds is 6. The van der Waals surface area contributed by atoms with Crippen LogP contribution in [-0.4, -0.2) is 45.1 Å². The van der Waals surface area contributed by atoms with Gasteiger partial charge in [-0.15, -0.1) is 0 Å². The molecule has 4 N–H and O–H groups in total. The van der Waals surface area contributed by atoms with Gasteiger partial charge in [0.2, 0.25) is 0 Å². The maximum Gasteiger partial charge on any atom is 0.327 e. The van der Waals surface area contributed by atoms with Crippen molar-refractivity contribution in [2.24, 2.45) is 10.8 Å². The van der Waals surface area contributed by atoms with Crippen molar-refractivity contribution in [1.29, 1.82) is 0 Å². The second-order valence-corrected chi connectivity index (χ2v) is 5.61. The first-order chi connectivity index (χ1) is 8.40. The summed E-state index contributed by atoms with van der Waals surface area (Å²) in [5.41, 5.74) is -1.63. The fourth-order valence-electron chi connectivity index (χ4n) is 0.986. The minimum Gasteiger partial charge on any atom is -0.481 e. The Bertz CT molecular complexity index is 319. The van der Waals surface area contributed by atoms with E-state index in [1.54, 1.807) is 13.8 Å². The molecular formula is C13H24O6. The van der Waals surface area contributed by atoms with Crippen LogP contribution < -0.4 is 0 Å². The number of aliphatic hydroxyl groups excluding tert-OH is 2. The second-order valence-electron chi connectivity index (χ2n) is 5.61. The molecule has 0 heterocycles. The van der Waals surface area contributed by atoms with Gasteiger partial charge in [-0.25, -0.2) is 4.79 Å². The molecule has 19 heavy (non-hydrogen) atoms. The summed E-state index contributed by atoms with van der Waals surface area (Å²) >= 11 is 0. The lowest BCUT2D eigenvalue weighted by Crippen LogP contribution is -2.40. The minimum absolute atomic E-state index is 0.0697. The van der Waals surface area contributed by atoms with Crippen molar-refractivity contribution in [2.75, 3.05) is 6.61 Å². The van der Waals surface area contributed by atoms with Gasteiger partial charge in [-0.2, -0.15) is 0 Å². The van der Waals surface area contributed by atoms with E-state index >= 15 is 0 Å².